The maximum absolute atomic E-state index is 14.0. The Morgan fingerprint density at radius 2 is 2.14 bits per heavy atom. The van der Waals surface area contributed by atoms with Crippen molar-refractivity contribution in [3.05, 3.63) is 47.5 Å². The molecule has 0 nitrogen and oxygen atoms in total. The van der Waals surface area contributed by atoms with Gasteiger partial charge in [-0.3, -0.25) is 0 Å². The van der Waals surface area contributed by atoms with E-state index in [2.05, 4.69) is 13.5 Å². The first kappa shape index (κ1) is 11.0. The van der Waals surface area contributed by atoms with Gasteiger partial charge in [-0.1, -0.05) is 37.8 Å². The number of aryl methyl sites for hydroxylation is 1. The van der Waals surface area contributed by atoms with Crippen LogP contribution >= 0.6 is 0 Å². The molecule has 1 atom stereocenters. The third kappa shape index (κ3) is 1.87. The van der Waals surface area contributed by atoms with Crippen molar-refractivity contribution < 1.29 is 4.39 Å². The molecule has 14 heavy (non-hydrogen) atoms. The van der Waals surface area contributed by atoms with Crippen LogP contribution in [0.15, 0.2) is 30.9 Å². The second-order valence-electron chi connectivity index (χ2n) is 3.72. The zero-order chi connectivity index (χ0) is 10.8. The third-order valence-corrected chi connectivity index (χ3v) is 2.74. The van der Waals surface area contributed by atoms with Crippen molar-refractivity contribution in [2.75, 3.05) is 0 Å². The second-order valence-corrected chi connectivity index (χ2v) is 3.72. The van der Waals surface area contributed by atoms with Crippen molar-refractivity contribution in [1.82, 2.24) is 0 Å². The van der Waals surface area contributed by atoms with E-state index in [1.54, 1.807) is 6.92 Å². The molecule has 0 aliphatic carbocycles. The normalized spacial score (nSPS) is 14.9. The van der Waals surface area contributed by atoms with Crippen molar-refractivity contribution in [2.45, 2.75) is 32.9 Å². The first-order valence-electron chi connectivity index (χ1n) is 4.94. The lowest BCUT2D eigenvalue weighted by Gasteiger charge is -2.20. The summed E-state index contributed by atoms with van der Waals surface area (Å²) in [5, 5.41) is 0. The Hall–Kier alpha value is -1.11. The van der Waals surface area contributed by atoms with E-state index in [-0.39, 0.29) is 0 Å². The van der Waals surface area contributed by atoms with Crippen molar-refractivity contribution >= 4 is 0 Å². The minimum absolute atomic E-state index is 0.729. The second kappa shape index (κ2) is 3.95. The molecule has 0 amide bonds. The monoisotopic (exact) mass is 192 g/mol. The fraction of sp³-hybridized carbons (Fsp3) is 0.385. The van der Waals surface area contributed by atoms with Gasteiger partial charge < -0.3 is 0 Å². The molecule has 0 saturated carbocycles. The molecular formula is C13H17F. The summed E-state index contributed by atoms with van der Waals surface area (Å²) in [6.45, 7) is 9.12. The van der Waals surface area contributed by atoms with Gasteiger partial charge in [0.1, 0.15) is 0 Å². The summed E-state index contributed by atoms with van der Waals surface area (Å²) in [7, 11) is 0. The first-order chi connectivity index (χ1) is 6.53. The van der Waals surface area contributed by atoms with Crippen molar-refractivity contribution in [1.29, 1.82) is 0 Å². The molecule has 0 spiro atoms. The minimum atomic E-state index is -1.42. The number of rotatable bonds is 3. The molecule has 0 bridgehead atoms. The van der Waals surface area contributed by atoms with E-state index < -0.39 is 5.67 Å². The van der Waals surface area contributed by atoms with Gasteiger partial charge in [-0.2, -0.15) is 0 Å². The number of hydrogen-bond donors (Lipinski definition) is 0. The van der Waals surface area contributed by atoms with E-state index in [4.69, 9.17) is 0 Å². The van der Waals surface area contributed by atoms with E-state index in [1.165, 1.54) is 11.6 Å². The van der Waals surface area contributed by atoms with Crippen LogP contribution in [0.2, 0.25) is 0 Å². The highest BCUT2D eigenvalue weighted by atomic mass is 19.1. The predicted molar refractivity (Wildman–Crippen MR) is 59.2 cm³/mol. The molecule has 0 aliphatic rings. The van der Waals surface area contributed by atoms with Crippen LogP contribution in [0.1, 0.15) is 30.5 Å². The summed E-state index contributed by atoms with van der Waals surface area (Å²) in [5.74, 6) is 0. The molecule has 1 aromatic carbocycles. The van der Waals surface area contributed by atoms with E-state index in [9.17, 15) is 4.39 Å². The van der Waals surface area contributed by atoms with E-state index in [0.717, 1.165) is 17.5 Å². The Morgan fingerprint density at radius 3 is 2.64 bits per heavy atom. The molecule has 0 N–H and O–H groups in total. The third-order valence-electron chi connectivity index (χ3n) is 2.74. The highest BCUT2D eigenvalue weighted by molar-refractivity contribution is 5.39. The largest absolute Gasteiger partial charge is 0.234 e. The lowest BCUT2D eigenvalue weighted by molar-refractivity contribution is 0.263. The summed E-state index contributed by atoms with van der Waals surface area (Å²) >= 11 is 0. The molecule has 0 heterocycles. The smallest absolute Gasteiger partial charge is 0.151 e. The van der Waals surface area contributed by atoms with Crippen LogP contribution in [0.5, 0.6) is 0 Å². The number of allylic oxidation sites excluding steroid dienone is 1. The number of alkyl halides is 1. The zero-order valence-electron chi connectivity index (χ0n) is 9.10. The molecule has 0 aliphatic heterocycles. The quantitative estimate of drug-likeness (QED) is 0.636. The Bertz CT molecular complexity index is 337. The SMILES string of the molecule is C=CC(C)(F)c1cccc(CC)c1C. The summed E-state index contributed by atoms with van der Waals surface area (Å²) in [5.41, 5.74) is 1.55. The van der Waals surface area contributed by atoms with E-state index in [0.29, 0.717) is 0 Å². The lowest BCUT2D eigenvalue weighted by Crippen LogP contribution is -2.13. The zero-order valence-corrected chi connectivity index (χ0v) is 9.10. The van der Waals surface area contributed by atoms with Crippen molar-refractivity contribution in [3.8, 4) is 0 Å². The van der Waals surface area contributed by atoms with Gasteiger partial charge in [-0.15, -0.1) is 0 Å². The molecule has 1 rings (SSSR count). The average molecular weight is 192 g/mol. The molecule has 0 fully saturated rings. The molecule has 1 heteroatoms. The molecule has 1 unspecified atom stereocenters. The van der Waals surface area contributed by atoms with Gasteiger partial charge in [0.2, 0.25) is 0 Å². The molecule has 0 radical (unpaired) electrons. The molecule has 1 aromatic rings. The van der Waals surface area contributed by atoms with Gasteiger partial charge in [0, 0.05) is 0 Å². The summed E-state index contributed by atoms with van der Waals surface area (Å²) in [4.78, 5) is 0. The number of benzene rings is 1. The van der Waals surface area contributed by atoms with Gasteiger partial charge in [0.05, 0.1) is 0 Å². The minimum Gasteiger partial charge on any atom is -0.234 e. The molecule has 76 valence electrons. The van der Waals surface area contributed by atoms with Crippen LogP contribution < -0.4 is 0 Å². The Morgan fingerprint density at radius 1 is 1.50 bits per heavy atom. The van der Waals surface area contributed by atoms with Crippen LogP contribution in [0.3, 0.4) is 0 Å². The summed E-state index contributed by atoms with van der Waals surface area (Å²) in [6.07, 6.45) is 2.29. The van der Waals surface area contributed by atoms with E-state index in [1.807, 2.05) is 25.1 Å². The summed E-state index contributed by atoms with van der Waals surface area (Å²) in [6, 6.07) is 5.77. The van der Waals surface area contributed by atoms with E-state index >= 15 is 0 Å². The standard InChI is InChI=1S/C13H17F/c1-5-11-8-7-9-12(10(11)3)13(4,14)6-2/h6-9H,2,5H2,1,3-4H3. The number of halogens is 1. The Kier molecular flexibility index (Phi) is 3.10. The lowest BCUT2D eigenvalue weighted by atomic mass is 9.90. The fourth-order valence-electron chi connectivity index (χ4n) is 1.71. The molecular weight excluding hydrogens is 175 g/mol. The van der Waals surface area contributed by atoms with Gasteiger partial charge in [-0.05, 0) is 37.0 Å². The Balaban J connectivity index is 3.29. The van der Waals surface area contributed by atoms with Crippen LogP contribution in [0.25, 0.3) is 0 Å². The highest BCUT2D eigenvalue weighted by Gasteiger charge is 2.23. The van der Waals surface area contributed by atoms with Gasteiger partial charge >= 0.3 is 0 Å². The van der Waals surface area contributed by atoms with Crippen LogP contribution in [0.4, 0.5) is 4.39 Å². The van der Waals surface area contributed by atoms with Crippen LogP contribution in [-0.4, -0.2) is 0 Å². The summed E-state index contributed by atoms with van der Waals surface area (Å²) < 4.78 is 14.0. The van der Waals surface area contributed by atoms with Gasteiger partial charge in [0.25, 0.3) is 0 Å². The van der Waals surface area contributed by atoms with Gasteiger partial charge in [-0.25, -0.2) is 4.39 Å². The van der Waals surface area contributed by atoms with Gasteiger partial charge in [0.15, 0.2) is 5.67 Å². The topological polar surface area (TPSA) is 0 Å². The molecule has 0 saturated heterocycles. The predicted octanol–water partition coefficient (Wildman–Crippen LogP) is 3.93. The first-order valence-corrected chi connectivity index (χ1v) is 4.94. The Labute approximate surface area is 85.5 Å². The molecule has 0 aromatic heterocycles. The maximum atomic E-state index is 14.0. The number of hydrogen-bond acceptors (Lipinski definition) is 0. The maximum Gasteiger partial charge on any atom is 0.151 e. The van der Waals surface area contributed by atoms with Crippen molar-refractivity contribution in [3.63, 3.8) is 0 Å². The fourth-order valence-corrected chi connectivity index (χ4v) is 1.71. The van der Waals surface area contributed by atoms with Crippen LogP contribution in [0, 0.1) is 6.92 Å². The average Bonchev–Trinajstić information content (AvgIpc) is 2.18. The highest BCUT2D eigenvalue weighted by Crippen LogP contribution is 2.30. The van der Waals surface area contributed by atoms with Crippen LogP contribution in [-0.2, 0) is 12.1 Å². The van der Waals surface area contributed by atoms with Crippen molar-refractivity contribution in [2.24, 2.45) is 0 Å².